The van der Waals surface area contributed by atoms with Crippen LogP contribution in [0.4, 0.5) is 0 Å². The third-order valence-electron chi connectivity index (χ3n) is 2.96. The van der Waals surface area contributed by atoms with Gasteiger partial charge in [0, 0.05) is 20.2 Å². The molecule has 0 aromatic heterocycles. The summed E-state index contributed by atoms with van der Waals surface area (Å²) >= 11 is 0. The van der Waals surface area contributed by atoms with E-state index < -0.39 is 0 Å². The van der Waals surface area contributed by atoms with Gasteiger partial charge < -0.3 is 19.5 Å². The van der Waals surface area contributed by atoms with Gasteiger partial charge in [-0.25, -0.2) is 0 Å². The van der Waals surface area contributed by atoms with Crippen LogP contribution in [0.1, 0.15) is 26.3 Å². The van der Waals surface area contributed by atoms with Crippen LogP contribution in [0.15, 0.2) is 18.2 Å². The SMILES string of the molecule is CCOc1cc(CNCC(C)(C)OC)ccc1OC. The van der Waals surface area contributed by atoms with Crippen molar-refractivity contribution in [3.63, 3.8) is 0 Å². The Balaban J connectivity index is 2.61. The van der Waals surface area contributed by atoms with E-state index in [1.54, 1.807) is 14.2 Å². The molecule has 4 nitrogen and oxygen atoms in total. The standard InChI is InChI=1S/C15H25NO3/c1-6-19-14-9-12(7-8-13(14)17-4)10-16-11-15(2,3)18-5/h7-9,16H,6,10-11H2,1-5H3. The lowest BCUT2D eigenvalue weighted by Gasteiger charge is -2.23. The zero-order valence-corrected chi connectivity index (χ0v) is 12.6. The molecule has 0 saturated carbocycles. The molecule has 19 heavy (non-hydrogen) atoms. The molecule has 0 saturated heterocycles. The molecular weight excluding hydrogens is 242 g/mol. The Kier molecular flexibility index (Phi) is 6.12. The molecular formula is C15H25NO3. The maximum absolute atomic E-state index is 5.56. The summed E-state index contributed by atoms with van der Waals surface area (Å²) < 4.78 is 16.2. The second-order valence-electron chi connectivity index (χ2n) is 4.99. The molecule has 0 aliphatic heterocycles. The predicted octanol–water partition coefficient (Wildman–Crippen LogP) is 2.61. The van der Waals surface area contributed by atoms with Crippen LogP contribution in [0.3, 0.4) is 0 Å². The molecule has 1 aromatic rings. The highest BCUT2D eigenvalue weighted by Crippen LogP contribution is 2.27. The summed E-state index contributed by atoms with van der Waals surface area (Å²) in [6.45, 7) is 8.27. The Hall–Kier alpha value is -1.26. The molecule has 0 bridgehead atoms. The van der Waals surface area contributed by atoms with E-state index in [0.29, 0.717) is 6.61 Å². The molecule has 0 amide bonds. The van der Waals surface area contributed by atoms with Crippen molar-refractivity contribution in [3.8, 4) is 11.5 Å². The zero-order valence-electron chi connectivity index (χ0n) is 12.6. The number of ether oxygens (including phenoxy) is 3. The Morgan fingerprint density at radius 2 is 1.89 bits per heavy atom. The van der Waals surface area contributed by atoms with Gasteiger partial charge in [-0.1, -0.05) is 6.07 Å². The molecule has 0 fully saturated rings. The zero-order chi connectivity index (χ0) is 14.3. The van der Waals surface area contributed by atoms with E-state index in [1.807, 2.05) is 25.1 Å². The van der Waals surface area contributed by atoms with Crippen molar-refractivity contribution in [2.24, 2.45) is 0 Å². The number of benzene rings is 1. The van der Waals surface area contributed by atoms with Gasteiger partial charge in [-0.2, -0.15) is 0 Å². The summed E-state index contributed by atoms with van der Waals surface area (Å²) in [6.07, 6.45) is 0. The summed E-state index contributed by atoms with van der Waals surface area (Å²) in [7, 11) is 3.37. The first-order valence-corrected chi connectivity index (χ1v) is 6.58. The van der Waals surface area contributed by atoms with Crippen LogP contribution in [-0.4, -0.2) is 33.0 Å². The fourth-order valence-corrected chi connectivity index (χ4v) is 1.68. The Morgan fingerprint density at radius 1 is 1.16 bits per heavy atom. The molecule has 1 aromatic carbocycles. The van der Waals surface area contributed by atoms with Crippen molar-refractivity contribution in [1.82, 2.24) is 5.32 Å². The second kappa shape index (κ2) is 7.36. The van der Waals surface area contributed by atoms with E-state index >= 15 is 0 Å². The van der Waals surface area contributed by atoms with Crippen LogP contribution in [0.25, 0.3) is 0 Å². The second-order valence-corrected chi connectivity index (χ2v) is 4.99. The molecule has 0 heterocycles. The molecule has 0 aliphatic rings. The van der Waals surface area contributed by atoms with Crippen LogP contribution >= 0.6 is 0 Å². The third-order valence-corrected chi connectivity index (χ3v) is 2.96. The van der Waals surface area contributed by atoms with Crippen LogP contribution in [0.5, 0.6) is 11.5 Å². The van der Waals surface area contributed by atoms with Gasteiger partial charge in [0.2, 0.25) is 0 Å². The molecule has 108 valence electrons. The first-order chi connectivity index (χ1) is 9.02. The van der Waals surface area contributed by atoms with E-state index in [9.17, 15) is 0 Å². The summed E-state index contributed by atoms with van der Waals surface area (Å²) in [6, 6.07) is 5.98. The monoisotopic (exact) mass is 267 g/mol. The average Bonchev–Trinajstić information content (AvgIpc) is 2.39. The van der Waals surface area contributed by atoms with Crippen molar-refractivity contribution < 1.29 is 14.2 Å². The van der Waals surface area contributed by atoms with Gasteiger partial charge >= 0.3 is 0 Å². The highest BCUT2D eigenvalue weighted by molar-refractivity contribution is 5.42. The first-order valence-electron chi connectivity index (χ1n) is 6.58. The van der Waals surface area contributed by atoms with E-state index in [1.165, 1.54) is 0 Å². The minimum atomic E-state index is -0.158. The van der Waals surface area contributed by atoms with Crippen molar-refractivity contribution in [1.29, 1.82) is 0 Å². The molecule has 0 atom stereocenters. The summed E-state index contributed by atoms with van der Waals surface area (Å²) in [5.41, 5.74) is 1.01. The van der Waals surface area contributed by atoms with Crippen molar-refractivity contribution in [3.05, 3.63) is 23.8 Å². The molecule has 0 unspecified atom stereocenters. The number of hydrogen-bond donors (Lipinski definition) is 1. The number of nitrogens with one attached hydrogen (secondary N) is 1. The Labute approximate surface area is 116 Å². The summed E-state index contributed by atoms with van der Waals surface area (Å²) in [4.78, 5) is 0. The van der Waals surface area contributed by atoms with Gasteiger partial charge in [-0.05, 0) is 38.5 Å². The van der Waals surface area contributed by atoms with Crippen LogP contribution in [0, 0.1) is 0 Å². The largest absolute Gasteiger partial charge is 0.493 e. The Bertz CT molecular complexity index is 391. The van der Waals surface area contributed by atoms with Crippen LogP contribution in [0.2, 0.25) is 0 Å². The highest BCUT2D eigenvalue weighted by atomic mass is 16.5. The fourth-order valence-electron chi connectivity index (χ4n) is 1.68. The maximum atomic E-state index is 5.56. The molecule has 1 N–H and O–H groups in total. The first kappa shape index (κ1) is 15.8. The lowest BCUT2D eigenvalue weighted by atomic mass is 10.1. The van der Waals surface area contributed by atoms with Gasteiger partial charge in [0.1, 0.15) is 0 Å². The van der Waals surface area contributed by atoms with E-state index in [2.05, 4.69) is 19.2 Å². The molecule has 4 heteroatoms. The van der Waals surface area contributed by atoms with Crippen molar-refractivity contribution in [2.45, 2.75) is 32.9 Å². The Morgan fingerprint density at radius 3 is 2.47 bits per heavy atom. The van der Waals surface area contributed by atoms with Gasteiger partial charge in [0.15, 0.2) is 11.5 Å². The van der Waals surface area contributed by atoms with Gasteiger partial charge in [-0.3, -0.25) is 0 Å². The predicted molar refractivity (Wildman–Crippen MR) is 77.0 cm³/mol. The molecule has 0 spiro atoms. The van der Waals surface area contributed by atoms with Crippen LogP contribution < -0.4 is 14.8 Å². The van der Waals surface area contributed by atoms with Gasteiger partial charge in [0.25, 0.3) is 0 Å². The topological polar surface area (TPSA) is 39.7 Å². The van der Waals surface area contributed by atoms with Gasteiger partial charge in [-0.15, -0.1) is 0 Å². The molecule has 0 radical (unpaired) electrons. The average molecular weight is 267 g/mol. The summed E-state index contributed by atoms with van der Waals surface area (Å²) in [5, 5.41) is 3.38. The van der Waals surface area contributed by atoms with Crippen molar-refractivity contribution in [2.75, 3.05) is 27.4 Å². The minimum absolute atomic E-state index is 0.158. The van der Waals surface area contributed by atoms with E-state index in [4.69, 9.17) is 14.2 Å². The minimum Gasteiger partial charge on any atom is -0.493 e. The lowest BCUT2D eigenvalue weighted by Crippen LogP contribution is -2.36. The number of rotatable bonds is 8. The molecule has 0 aliphatic carbocycles. The van der Waals surface area contributed by atoms with E-state index in [-0.39, 0.29) is 5.60 Å². The van der Waals surface area contributed by atoms with Crippen LogP contribution in [-0.2, 0) is 11.3 Å². The highest BCUT2D eigenvalue weighted by Gasteiger charge is 2.15. The lowest BCUT2D eigenvalue weighted by molar-refractivity contribution is 0.0230. The van der Waals surface area contributed by atoms with Crippen molar-refractivity contribution >= 4 is 0 Å². The quantitative estimate of drug-likeness (QED) is 0.786. The third kappa shape index (κ3) is 5.09. The smallest absolute Gasteiger partial charge is 0.161 e. The number of hydrogen-bond acceptors (Lipinski definition) is 4. The van der Waals surface area contributed by atoms with Gasteiger partial charge in [0.05, 0.1) is 19.3 Å². The fraction of sp³-hybridized carbons (Fsp3) is 0.600. The summed E-state index contributed by atoms with van der Waals surface area (Å²) in [5.74, 6) is 1.55. The number of methoxy groups -OCH3 is 2. The maximum Gasteiger partial charge on any atom is 0.161 e. The normalized spacial score (nSPS) is 11.4. The molecule has 1 rings (SSSR count). The van der Waals surface area contributed by atoms with E-state index in [0.717, 1.165) is 30.2 Å².